The van der Waals surface area contributed by atoms with Crippen LogP contribution in [-0.2, 0) is 6.54 Å². The highest BCUT2D eigenvalue weighted by Gasteiger charge is 2.26. The normalized spacial score (nSPS) is 24.9. The van der Waals surface area contributed by atoms with Crippen molar-refractivity contribution in [2.45, 2.75) is 38.8 Å². The van der Waals surface area contributed by atoms with Crippen molar-refractivity contribution in [3.8, 4) is 11.8 Å². The lowest BCUT2D eigenvalue weighted by molar-refractivity contribution is 0.137. The second-order valence-electron chi connectivity index (χ2n) is 5.73. The summed E-state index contributed by atoms with van der Waals surface area (Å²) >= 11 is 0. The molecule has 0 bridgehead atoms. The van der Waals surface area contributed by atoms with Gasteiger partial charge in [-0.05, 0) is 31.2 Å². The predicted molar refractivity (Wildman–Crippen MR) is 75.6 cm³/mol. The maximum Gasteiger partial charge on any atom is 0.407 e. The van der Waals surface area contributed by atoms with E-state index in [0.29, 0.717) is 37.4 Å². The molecule has 2 heterocycles. The van der Waals surface area contributed by atoms with E-state index in [1.54, 1.807) is 6.07 Å². The molecule has 0 spiro atoms. The van der Waals surface area contributed by atoms with Gasteiger partial charge in [0.15, 0.2) is 0 Å². The van der Waals surface area contributed by atoms with Crippen LogP contribution in [0, 0.1) is 5.92 Å². The number of ether oxygens (including phenoxy) is 2. The van der Waals surface area contributed by atoms with Crippen molar-refractivity contribution in [2.75, 3.05) is 13.2 Å². The van der Waals surface area contributed by atoms with Gasteiger partial charge in [0.2, 0.25) is 11.8 Å². The third-order valence-corrected chi connectivity index (χ3v) is 4.20. The first-order valence-corrected chi connectivity index (χ1v) is 7.41. The molecule has 1 fully saturated rings. The minimum Gasteiger partial charge on any atom is -0.475 e. The van der Waals surface area contributed by atoms with Gasteiger partial charge in [-0.1, -0.05) is 6.92 Å². The van der Waals surface area contributed by atoms with Crippen molar-refractivity contribution in [2.24, 2.45) is 5.92 Å². The topological polar surface area (TPSA) is 71.9 Å². The van der Waals surface area contributed by atoms with Crippen LogP contribution in [0.2, 0.25) is 0 Å². The van der Waals surface area contributed by atoms with Crippen molar-refractivity contribution in [3.63, 3.8) is 0 Å². The lowest BCUT2D eigenvalue weighted by atomic mass is 10.1. The Hall–Kier alpha value is -1.98. The Morgan fingerprint density at radius 2 is 2.33 bits per heavy atom. The Kier molecular flexibility index (Phi) is 3.86. The Morgan fingerprint density at radius 3 is 3.05 bits per heavy atom. The van der Waals surface area contributed by atoms with E-state index in [1.165, 1.54) is 17.7 Å². The first-order chi connectivity index (χ1) is 10.1. The first-order valence-electron chi connectivity index (χ1n) is 7.41. The van der Waals surface area contributed by atoms with E-state index >= 15 is 0 Å². The van der Waals surface area contributed by atoms with Crippen LogP contribution in [0.1, 0.15) is 31.7 Å². The van der Waals surface area contributed by atoms with Gasteiger partial charge in [0.25, 0.3) is 0 Å². The summed E-state index contributed by atoms with van der Waals surface area (Å²) in [7, 11) is 0. The molecule has 6 heteroatoms. The van der Waals surface area contributed by atoms with E-state index < -0.39 is 6.09 Å². The molecular formula is C15H20N2O4. The van der Waals surface area contributed by atoms with Crippen LogP contribution in [0.5, 0.6) is 11.8 Å². The molecule has 0 aromatic carbocycles. The molecule has 1 aliphatic heterocycles. The summed E-state index contributed by atoms with van der Waals surface area (Å²) < 4.78 is 11.5. The quantitative estimate of drug-likeness (QED) is 0.906. The van der Waals surface area contributed by atoms with Gasteiger partial charge in [-0.15, -0.1) is 0 Å². The number of carbonyl (C=O) groups is 1. The van der Waals surface area contributed by atoms with Crippen molar-refractivity contribution < 1.29 is 19.4 Å². The number of aromatic nitrogens is 1. The molecule has 6 nitrogen and oxygen atoms in total. The number of fused-ring (bicyclic) bond motifs is 1. The maximum absolute atomic E-state index is 11.1. The smallest absolute Gasteiger partial charge is 0.407 e. The van der Waals surface area contributed by atoms with Gasteiger partial charge in [0.05, 0.1) is 13.1 Å². The summed E-state index contributed by atoms with van der Waals surface area (Å²) in [6, 6.07) is 3.65. The fraction of sp³-hybridized carbons (Fsp3) is 0.600. The standard InChI is InChI=1S/C15H20N2O4/c1-10-3-2-4-12(10)21-13-6-5-11-9-17(15(18)19)7-8-20-14(11)16-13/h5-6,10,12H,2-4,7-9H2,1H3,(H,18,19)/t10-,12-/m1/s1. The Morgan fingerprint density at radius 1 is 1.48 bits per heavy atom. The summed E-state index contributed by atoms with van der Waals surface area (Å²) in [6.07, 6.45) is 2.73. The third kappa shape index (κ3) is 3.04. The molecule has 2 atom stereocenters. The van der Waals surface area contributed by atoms with Crippen LogP contribution in [0.4, 0.5) is 4.79 Å². The highest BCUT2D eigenvalue weighted by Crippen LogP contribution is 2.30. The maximum atomic E-state index is 11.1. The average molecular weight is 292 g/mol. The van der Waals surface area contributed by atoms with Gasteiger partial charge < -0.3 is 19.5 Å². The predicted octanol–water partition coefficient (Wildman–Crippen LogP) is 2.52. The molecule has 3 rings (SSSR count). The number of nitrogens with zero attached hydrogens (tertiary/aromatic N) is 2. The van der Waals surface area contributed by atoms with Crippen molar-refractivity contribution in [3.05, 3.63) is 17.7 Å². The molecule has 1 saturated carbocycles. The summed E-state index contributed by atoms with van der Waals surface area (Å²) in [6.45, 7) is 3.16. The van der Waals surface area contributed by atoms with Gasteiger partial charge >= 0.3 is 6.09 Å². The van der Waals surface area contributed by atoms with Crippen LogP contribution in [0.25, 0.3) is 0 Å². The number of rotatable bonds is 2. The zero-order valence-electron chi connectivity index (χ0n) is 12.1. The Labute approximate surface area is 123 Å². The molecule has 2 aliphatic rings. The summed E-state index contributed by atoms with van der Waals surface area (Å²) in [5, 5.41) is 9.09. The van der Waals surface area contributed by atoms with Gasteiger partial charge in [0.1, 0.15) is 12.7 Å². The van der Waals surface area contributed by atoms with E-state index in [9.17, 15) is 4.79 Å². The SMILES string of the molecule is C[C@@H]1CCC[C@H]1Oc1ccc2c(n1)OCCN(C(=O)O)C2. The lowest BCUT2D eigenvalue weighted by Crippen LogP contribution is -2.30. The fourth-order valence-corrected chi connectivity index (χ4v) is 2.91. The monoisotopic (exact) mass is 292 g/mol. The number of hydrogen-bond acceptors (Lipinski definition) is 4. The molecule has 0 saturated heterocycles. The van der Waals surface area contributed by atoms with Crippen molar-refractivity contribution in [1.82, 2.24) is 9.88 Å². The van der Waals surface area contributed by atoms with E-state index in [-0.39, 0.29) is 6.10 Å². The number of carboxylic acid groups (broad SMARTS) is 1. The summed E-state index contributed by atoms with van der Waals surface area (Å²) in [5.41, 5.74) is 0.779. The van der Waals surface area contributed by atoms with Crippen molar-refractivity contribution >= 4 is 6.09 Å². The molecule has 1 aromatic rings. The van der Waals surface area contributed by atoms with Gasteiger partial charge in [0, 0.05) is 11.6 Å². The van der Waals surface area contributed by atoms with E-state index in [1.807, 2.05) is 6.07 Å². The van der Waals surface area contributed by atoms with Crippen LogP contribution in [-0.4, -0.2) is 40.3 Å². The lowest BCUT2D eigenvalue weighted by Gasteiger charge is -2.18. The van der Waals surface area contributed by atoms with E-state index in [0.717, 1.165) is 12.0 Å². The molecule has 1 aliphatic carbocycles. The van der Waals surface area contributed by atoms with Crippen LogP contribution < -0.4 is 9.47 Å². The van der Waals surface area contributed by atoms with Crippen LogP contribution >= 0.6 is 0 Å². The Bertz CT molecular complexity index is 534. The molecule has 21 heavy (non-hydrogen) atoms. The number of hydrogen-bond donors (Lipinski definition) is 1. The molecular weight excluding hydrogens is 272 g/mol. The summed E-state index contributed by atoms with van der Waals surface area (Å²) in [4.78, 5) is 16.8. The average Bonchev–Trinajstić information content (AvgIpc) is 2.74. The van der Waals surface area contributed by atoms with Gasteiger partial charge in [-0.2, -0.15) is 4.98 Å². The fourth-order valence-electron chi connectivity index (χ4n) is 2.91. The van der Waals surface area contributed by atoms with E-state index in [2.05, 4.69) is 11.9 Å². The molecule has 0 unspecified atom stereocenters. The molecule has 1 amide bonds. The largest absolute Gasteiger partial charge is 0.475 e. The minimum absolute atomic E-state index is 0.219. The minimum atomic E-state index is -0.938. The molecule has 114 valence electrons. The molecule has 1 aromatic heterocycles. The second kappa shape index (κ2) is 5.79. The van der Waals surface area contributed by atoms with Gasteiger partial charge in [-0.25, -0.2) is 4.79 Å². The third-order valence-electron chi connectivity index (χ3n) is 4.20. The highest BCUT2D eigenvalue weighted by molar-refractivity contribution is 5.65. The van der Waals surface area contributed by atoms with Crippen LogP contribution in [0.3, 0.4) is 0 Å². The summed E-state index contributed by atoms with van der Waals surface area (Å²) in [5.74, 6) is 1.60. The number of amides is 1. The molecule has 1 N–H and O–H groups in total. The Balaban J connectivity index is 1.75. The second-order valence-corrected chi connectivity index (χ2v) is 5.73. The first kappa shape index (κ1) is 14.0. The zero-order valence-corrected chi connectivity index (χ0v) is 12.1. The number of pyridine rings is 1. The highest BCUT2D eigenvalue weighted by atomic mass is 16.5. The van der Waals surface area contributed by atoms with Crippen molar-refractivity contribution in [1.29, 1.82) is 0 Å². The van der Waals surface area contributed by atoms with Gasteiger partial charge in [-0.3, -0.25) is 0 Å². The molecule has 0 radical (unpaired) electrons. The zero-order chi connectivity index (χ0) is 14.8. The van der Waals surface area contributed by atoms with E-state index in [4.69, 9.17) is 14.6 Å². The van der Waals surface area contributed by atoms with Crippen LogP contribution in [0.15, 0.2) is 12.1 Å².